The van der Waals surface area contributed by atoms with Crippen LogP contribution in [0.25, 0.3) is 5.69 Å². The number of nitrogens with zero attached hydrogens (tertiary/aromatic N) is 2. The second-order valence-electron chi connectivity index (χ2n) is 8.69. The van der Waals surface area contributed by atoms with E-state index in [0.717, 1.165) is 29.8 Å². The van der Waals surface area contributed by atoms with Gasteiger partial charge in [-0.15, -0.1) is 0 Å². The number of esters is 1. The molecular weight excluding hydrogens is 432 g/mol. The summed E-state index contributed by atoms with van der Waals surface area (Å²) in [4.78, 5) is 38.9. The molecule has 3 aromatic rings. The molecule has 176 valence electrons. The van der Waals surface area contributed by atoms with Crippen LogP contribution in [0.15, 0.2) is 54.6 Å². The van der Waals surface area contributed by atoms with E-state index in [4.69, 9.17) is 9.84 Å². The standard InChI is InChI=1S/C27H28N2O5/c1-17-6-7-18(2)29(17)24-15-21(12-13-23(24)27(33)34-3)25(30)28-14-4-5-22(16-28)19-8-10-20(11-9-19)26(31)32/h6-13,15,22H,4-5,14,16H2,1-3H3,(H,31,32). The maximum absolute atomic E-state index is 13.5. The van der Waals surface area contributed by atoms with Gasteiger partial charge < -0.3 is 19.3 Å². The molecule has 2 aromatic carbocycles. The summed E-state index contributed by atoms with van der Waals surface area (Å²) in [5.41, 5.74) is 4.72. The van der Waals surface area contributed by atoms with E-state index in [1.807, 2.05) is 47.6 Å². The van der Waals surface area contributed by atoms with Crippen molar-refractivity contribution in [2.45, 2.75) is 32.6 Å². The highest BCUT2D eigenvalue weighted by molar-refractivity contribution is 5.99. The quantitative estimate of drug-likeness (QED) is 0.562. The second-order valence-corrected chi connectivity index (χ2v) is 8.69. The van der Waals surface area contributed by atoms with Crippen molar-refractivity contribution in [2.24, 2.45) is 0 Å². The lowest BCUT2D eigenvalue weighted by Gasteiger charge is -2.33. The van der Waals surface area contributed by atoms with E-state index in [0.29, 0.717) is 29.9 Å². The number of piperidine rings is 1. The van der Waals surface area contributed by atoms with Crippen LogP contribution in [-0.4, -0.2) is 52.6 Å². The lowest BCUT2D eigenvalue weighted by Crippen LogP contribution is -2.39. The molecule has 1 amide bonds. The predicted molar refractivity (Wildman–Crippen MR) is 128 cm³/mol. The van der Waals surface area contributed by atoms with Gasteiger partial charge in [-0.05, 0) is 74.7 Å². The summed E-state index contributed by atoms with van der Waals surface area (Å²) in [5, 5.41) is 9.14. The molecule has 1 saturated heterocycles. The first kappa shape index (κ1) is 23.3. The molecule has 1 aliphatic heterocycles. The molecule has 34 heavy (non-hydrogen) atoms. The number of aryl methyl sites for hydroxylation is 2. The smallest absolute Gasteiger partial charge is 0.339 e. The third-order valence-electron chi connectivity index (χ3n) is 6.50. The molecule has 4 rings (SSSR count). The van der Waals surface area contributed by atoms with Crippen molar-refractivity contribution in [1.29, 1.82) is 0 Å². The summed E-state index contributed by atoms with van der Waals surface area (Å²) in [6.07, 6.45) is 1.80. The van der Waals surface area contributed by atoms with Crippen molar-refractivity contribution in [3.05, 3.63) is 88.2 Å². The zero-order valence-corrected chi connectivity index (χ0v) is 19.6. The van der Waals surface area contributed by atoms with E-state index in [1.54, 1.807) is 30.3 Å². The number of carbonyl (C=O) groups excluding carboxylic acids is 2. The molecule has 1 unspecified atom stereocenters. The molecule has 7 heteroatoms. The van der Waals surface area contributed by atoms with Gasteiger partial charge in [-0.25, -0.2) is 9.59 Å². The molecule has 7 nitrogen and oxygen atoms in total. The average molecular weight is 461 g/mol. The number of aromatic nitrogens is 1. The zero-order valence-electron chi connectivity index (χ0n) is 19.6. The van der Waals surface area contributed by atoms with Crippen LogP contribution in [-0.2, 0) is 4.74 Å². The van der Waals surface area contributed by atoms with Crippen LogP contribution in [0.5, 0.6) is 0 Å². The van der Waals surface area contributed by atoms with Crippen LogP contribution < -0.4 is 0 Å². The van der Waals surface area contributed by atoms with Crippen LogP contribution in [0, 0.1) is 13.8 Å². The molecular formula is C27H28N2O5. The average Bonchev–Trinajstić information content (AvgIpc) is 3.20. The Balaban J connectivity index is 1.63. The number of carbonyl (C=O) groups is 3. The van der Waals surface area contributed by atoms with Crippen molar-refractivity contribution in [1.82, 2.24) is 9.47 Å². The lowest BCUT2D eigenvalue weighted by atomic mass is 9.89. The molecule has 0 spiro atoms. The van der Waals surface area contributed by atoms with E-state index in [2.05, 4.69) is 0 Å². The molecule has 0 bridgehead atoms. The van der Waals surface area contributed by atoms with E-state index in [1.165, 1.54) is 7.11 Å². The van der Waals surface area contributed by atoms with Gasteiger partial charge in [0.1, 0.15) is 0 Å². The summed E-state index contributed by atoms with van der Waals surface area (Å²) in [6.45, 7) is 5.11. The second kappa shape index (κ2) is 9.55. The Labute approximate surface area is 198 Å². The monoisotopic (exact) mass is 460 g/mol. The first-order valence-corrected chi connectivity index (χ1v) is 11.3. The van der Waals surface area contributed by atoms with Gasteiger partial charge >= 0.3 is 11.9 Å². The molecule has 0 radical (unpaired) electrons. The lowest BCUT2D eigenvalue weighted by molar-refractivity contribution is 0.0598. The van der Waals surface area contributed by atoms with Gasteiger partial charge in [0, 0.05) is 36.0 Å². The van der Waals surface area contributed by atoms with Gasteiger partial charge in [0.15, 0.2) is 0 Å². The highest BCUT2D eigenvalue weighted by atomic mass is 16.5. The number of methoxy groups -OCH3 is 1. The number of amides is 1. The van der Waals surface area contributed by atoms with Crippen LogP contribution >= 0.6 is 0 Å². The first-order valence-electron chi connectivity index (χ1n) is 11.3. The van der Waals surface area contributed by atoms with Gasteiger partial charge in [0.25, 0.3) is 5.91 Å². The largest absolute Gasteiger partial charge is 0.478 e. The Morgan fingerprint density at radius 1 is 0.941 bits per heavy atom. The molecule has 1 fully saturated rings. The van der Waals surface area contributed by atoms with E-state index in [9.17, 15) is 14.4 Å². The fourth-order valence-corrected chi connectivity index (χ4v) is 4.69. The van der Waals surface area contributed by atoms with Gasteiger partial charge in [0.2, 0.25) is 0 Å². The fraction of sp³-hybridized carbons (Fsp3) is 0.296. The van der Waals surface area contributed by atoms with Crippen molar-refractivity contribution in [3.63, 3.8) is 0 Å². The maximum atomic E-state index is 13.5. The number of hydrogen-bond donors (Lipinski definition) is 1. The zero-order chi connectivity index (χ0) is 24.4. The molecule has 1 aliphatic rings. The molecule has 1 aromatic heterocycles. The summed E-state index contributed by atoms with van der Waals surface area (Å²) in [6, 6.07) is 15.9. The van der Waals surface area contributed by atoms with Crippen LogP contribution in [0.2, 0.25) is 0 Å². The number of likely N-dealkylation sites (tertiary alicyclic amines) is 1. The first-order chi connectivity index (χ1) is 16.3. The molecule has 1 N–H and O–H groups in total. The fourth-order valence-electron chi connectivity index (χ4n) is 4.69. The van der Waals surface area contributed by atoms with Crippen LogP contribution in [0.3, 0.4) is 0 Å². The number of hydrogen-bond acceptors (Lipinski definition) is 4. The molecule has 1 atom stereocenters. The third-order valence-corrected chi connectivity index (χ3v) is 6.50. The predicted octanol–water partition coefficient (Wildman–Crippen LogP) is 4.60. The normalized spacial score (nSPS) is 15.7. The Bertz CT molecular complexity index is 1220. The van der Waals surface area contributed by atoms with Crippen LogP contribution in [0.1, 0.15) is 66.8 Å². The van der Waals surface area contributed by atoms with Gasteiger partial charge in [-0.2, -0.15) is 0 Å². The molecule has 2 heterocycles. The SMILES string of the molecule is COC(=O)c1ccc(C(=O)N2CCCC(c3ccc(C(=O)O)cc3)C2)cc1-n1c(C)ccc1C. The highest BCUT2D eigenvalue weighted by Crippen LogP contribution is 2.29. The number of ether oxygens (including phenoxy) is 1. The number of rotatable bonds is 5. The Hall–Kier alpha value is -3.87. The van der Waals surface area contributed by atoms with E-state index >= 15 is 0 Å². The van der Waals surface area contributed by atoms with Gasteiger partial charge in [-0.1, -0.05) is 12.1 Å². The number of benzene rings is 2. The van der Waals surface area contributed by atoms with Crippen molar-refractivity contribution < 1.29 is 24.2 Å². The van der Waals surface area contributed by atoms with E-state index < -0.39 is 11.9 Å². The minimum absolute atomic E-state index is 0.0908. The van der Waals surface area contributed by atoms with Crippen molar-refractivity contribution in [2.75, 3.05) is 20.2 Å². The third kappa shape index (κ3) is 4.46. The topological polar surface area (TPSA) is 88.8 Å². The summed E-state index contributed by atoms with van der Waals surface area (Å²) >= 11 is 0. The number of carboxylic acids is 1. The highest BCUT2D eigenvalue weighted by Gasteiger charge is 2.27. The Morgan fingerprint density at radius 2 is 1.59 bits per heavy atom. The summed E-state index contributed by atoms with van der Waals surface area (Å²) in [7, 11) is 1.34. The van der Waals surface area contributed by atoms with Crippen molar-refractivity contribution >= 4 is 17.8 Å². The number of aromatic carboxylic acids is 1. The maximum Gasteiger partial charge on any atom is 0.339 e. The summed E-state index contributed by atoms with van der Waals surface area (Å²) < 4.78 is 6.92. The van der Waals surface area contributed by atoms with Gasteiger partial charge in [0.05, 0.1) is 23.9 Å². The van der Waals surface area contributed by atoms with Crippen molar-refractivity contribution in [3.8, 4) is 5.69 Å². The van der Waals surface area contributed by atoms with Crippen LogP contribution in [0.4, 0.5) is 0 Å². The Kier molecular flexibility index (Phi) is 6.54. The molecule has 0 saturated carbocycles. The minimum atomic E-state index is -0.952. The number of carboxylic acid groups (broad SMARTS) is 1. The Morgan fingerprint density at radius 3 is 2.21 bits per heavy atom. The summed E-state index contributed by atoms with van der Waals surface area (Å²) in [5.74, 6) is -1.36. The molecule has 0 aliphatic carbocycles. The minimum Gasteiger partial charge on any atom is -0.478 e. The van der Waals surface area contributed by atoms with E-state index in [-0.39, 0.29) is 17.4 Å². The van der Waals surface area contributed by atoms with Gasteiger partial charge in [-0.3, -0.25) is 4.79 Å².